The highest BCUT2D eigenvalue weighted by Crippen LogP contribution is 2.31. The highest BCUT2D eigenvalue weighted by molar-refractivity contribution is 5.80. The zero-order valence-corrected chi connectivity index (χ0v) is 14.4. The fourth-order valence-corrected chi connectivity index (χ4v) is 2.33. The Morgan fingerprint density at radius 3 is 2.25 bits per heavy atom. The second kappa shape index (κ2) is 9.52. The van der Waals surface area contributed by atoms with Crippen molar-refractivity contribution >= 4 is 5.71 Å². The molecule has 0 saturated carbocycles. The summed E-state index contributed by atoms with van der Waals surface area (Å²) in [4.78, 5) is 4.65. The Morgan fingerprint density at radius 2 is 1.80 bits per heavy atom. The lowest BCUT2D eigenvalue weighted by Crippen LogP contribution is -2.06. The van der Waals surface area contributed by atoms with Crippen molar-refractivity contribution in [3.8, 4) is 0 Å². The smallest absolute Gasteiger partial charge is 0.0412 e. The van der Waals surface area contributed by atoms with Gasteiger partial charge in [0.05, 0.1) is 0 Å². The van der Waals surface area contributed by atoms with Crippen LogP contribution in [0.15, 0.2) is 52.2 Å². The molecule has 1 nitrogen and oxygen atoms in total. The van der Waals surface area contributed by atoms with E-state index in [0.717, 1.165) is 24.3 Å². The lowest BCUT2D eigenvalue weighted by Gasteiger charge is -2.21. The molecule has 0 N–H and O–H groups in total. The van der Waals surface area contributed by atoms with E-state index in [1.54, 1.807) is 0 Å². The predicted octanol–water partition coefficient (Wildman–Crippen LogP) is 6.26. The molecule has 0 rings (SSSR count). The summed E-state index contributed by atoms with van der Waals surface area (Å²) in [6.07, 6.45) is 8.48. The Kier molecular flexibility index (Phi) is 8.87. The third kappa shape index (κ3) is 6.18. The zero-order chi connectivity index (χ0) is 15.7. The average molecular weight is 273 g/mol. The Morgan fingerprint density at radius 1 is 1.20 bits per heavy atom. The predicted molar refractivity (Wildman–Crippen MR) is 93.3 cm³/mol. The van der Waals surface area contributed by atoms with Gasteiger partial charge >= 0.3 is 0 Å². The van der Waals surface area contributed by atoms with Gasteiger partial charge in [-0.05, 0) is 52.2 Å². The van der Waals surface area contributed by atoms with E-state index in [1.807, 2.05) is 20.8 Å². The van der Waals surface area contributed by atoms with Gasteiger partial charge in [-0.3, -0.25) is 4.99 Å². The summed E-state index contributed by atoms with van der Waals surface area (Å²) in [6.45, 7) is 19.1. The lowest BCUT2D eigenvalue weighted by atomic mass is 9.86. The van der Waals surface area contributed by atoms with Gasteiger partial charge in [0.15, 0.2) is 0 Å². The van der Waals surface area contributed by atoms with Gasteiger partial charge < -0.3 is 0 Å². The Balaban J connectivity index is 5.66. The minimum atomic E-state index is 0.355. The first kappa shape index (κ1) is 18.6. The van der Waals surface area contributed by atoms with Crippen molar-refractivity contribution < 1.29 is 0 Å². The standard InChI is InChI=1S/C19H31N/c1-9-11-13-15(5)17(7)19(16(6)12-10-2)18(8)20-14(3)4/h9,11,13,17H,6,10,12H2,1-5,7-8H3/b11-9-,15-13+,19-18-. The summed E-state index contributed by atoms with van der Waals surface area (Å²) in [5.74, 6) is 0.355. The molecule has 1 heteroatoms. The molecular weight excluding hydrogens is 242 g/mol. The molecule has 0 saturated heterocycles. The fraction of sp³-hybridized carbons (Fsp3) is 0.526. The van der Waals surface area contributed by atoms with Crippen LogP contribution in [0.3, 0.4) is 0 Å². The molecule has 0 fully saturated rings. The maximum atomic E-state index is 4.65. The molecule has 0 aromatic heterocycles. The maximum Gasteiger partial charge on any atom is 0.0412 e. The molecular formula is C19H31N. The first-order valence-electron chi connectivity index (χ1n) is 7.55. The molecule has 0 aliphatic heterocycles. The number of allylic oxidation sites excluding steroid dienone is 7. The molecule has 112 valence electrons. The van der Waals surface area contributed by atoms with E-state index in [1.165, 1.54) is 16.7 Å². The maximum absolute atomic E-state index is 4.65. The third-order valence-electron chi connectivity index (χ3n) is 3.38. The minimum absolute atomic E-state index is 0.355. The lowest BCUT2D eigenvalue weighted by molar-refractivity contribution is 0.766. The first-order valence-corrected chi connectivity index (χ1v) is 7.55. The summed E-state index contributed by atoms with van der Waals surface area (Å²) < 4.78 is 0. The highest BCUT2D eigenvalue weighted by Gasteiger charge is 2.16. The van der Waals surface area contributed by atoms with Crippen LogP contribution in [-0.2, 0) is 0 Å². The number of rotatable bonds is 7. The van der Waals surface area contributed by atoms with Crippen LogP contribution < -0.4 is 0 Å². The van der Waals surface area contributed by atoms with Gasteiger partial charge in [0.1, 0.15) is 0 Å². The third-order valence-corrected chi connectivity index (χ3v) is 3.38. The van der Waals surface area contributed by atoms with E-state index in [-0.39, 0.29) is 0 Å². The minimum Gasteiger partial charge on any atom is -0.263 e. The number of nitrogens with zero attached hydrogens (tertiary/aromatic N) is 1. The van der Waals surface area contributed by atoms with E-state index in [4.69, 9.17) is 0 Å². The summed E-state index contributed by atoms with van der Waals surface area (Å²) in [6, 6.07) is 0. The fourth-order valence-electron chi connectivity index (χ4n) is 2.33. The monoisotopic (exact) mass is 273 g/mol. The number of hydrogen-bond donors (Lipinski definition) is 0. The molecule has 0 spiro atoms. The van der Waals surface area contributed by atoms with Gasteiger partial charge in [0, 0.05) is 17.3 Å². The van der Waals surface area contributed by atoms with Gasteiger partial charge in [-0.1, -0.05) is 50.6 Å². The van der Waals surface area contributed by atoms with Crippen LogP contribution in [0.2, 0.25) is 0 Å². The Labute approximate surface area is 125 Å². The second-order valence-corrected chi connectivity index (χ2v) is 5.57. The van der Waals surface area contributed by atoms with E-state index in [2.05, 4.69) is 57.5 Å². The normalized spacial score (nSPS) is 15.1. The summed E-state index contributed by atoms with van der Waals surface area (Å²) in [5, 5.41) is 0. The molecule has 1 atom stereocenters. The van der Waals surface area contributed by atoms with Crippen LogP contribution in [0.4, 0.5) is 0 Å². The van der Waals surface area contributed by atoms with Crippen molar-refractivity contribution in [1.82, 2.24) is 0 Å². The molecule has 1 unspecified atom stereocenters. The highest BCUT2D eigenvalue weighted by atomic mass is 14.7. The molecule has 0 amide bonds. The van der Waals surface area contributed by atoms with Crippen LogP contribution in [0.1, 0.15) is 61.3 Å². The molecule has 0 aliphatic rings. The van der Waals surface area contributed by atoms with Gasteiger partial charge in [-0.15, -0.1) is 0 Å². The SMILES string of the molecule is C=C(CCC)/C(=C(\C)N=C(C)C)C(C)/C(C)=C/C=C\C. The molecule has 20 heavy (non-hydrogen) atoms. The van der Waals surface area contributed by atoms with Crippen molar-refractivity contribution in [1.29, 1.82) is 0 Å². The van der Waals surface area contributed by atoms with Crippen LogP contribution >= 0.6 is 0 Å². The summed E-state index contributed by atoms with van der Waals surface area (Å²) in [5.41, 5.74) is 6.05. The van der Waals surface area contributed by atoms with E-state index in [0.29, 0.717) is 5.92 Å². The van der Waals surface area contributed by atoms with Crippen LogP contribution in [0, 0.1) is 5.92 Å². The Hall–Kier alpha value is -1.37. The summed E-state index contributed by atoms with van der Waals surface area (Å²) >= 11 is 0. The van der Waals surface area contributed by atoms with Crippen molar-refractivity contribution in [2.45, 2.75) is 61.3 Å². The molecule has 0 heterocycles. The van der Waals surface area contributed by atoms with E-state index < -0.39 is 0 Å². The number of aliphatic imine (C=N–C) groups is 1. The van der Waals surface area contributed by atoms with Gasteiger partial charge in [-0.25, -0.2) is 0 Å². The van der Waals surface area contributed by atoms with E-state index >= 15 is 0 Å². The van der Waals surface area contributed by atoms with Crippen LogP contribution in [0.5, 0.6) is 0 Å². The average Bonchev–Trinajstić information content (AvgIpc) is 2.35. The van der Waals surface area contributed by atoms with Crippen LogP contribution in [-0.4, -0.2) is 5.71 Å². The molecule has 0 aromatic rings. The second-order valence-electron chi connectivity index (χ2n) is 5.57. The topological polar surface area (TPSA) is 12.4 Å². The zero-order valence-electron chi connectivity index (χ0n) is 14.4. The number of hydrogen-bond acceptors (Lipinski definition) is 1. The summed E-state index contributed by atoms with van der Waals surface area (Å²) in [7, 11) is 0. The van der Waals surface area contributed by atoms with Gasteiger partial charge in [-0.2, -0.15) is 0 Å². The van der Waals surface area contributed by atoms with Crippen molar-refractivity contribution in [2.24, 2.45) is 10.9 Å². The van der Waals surface area contributed by atoms with Gasteiger partial charge in [0.2, 0.25) is 0 Å². The molecule has 0 aliphatic carbocycles. The first-order chi connectivity index (χ1) is 9.34. The quantitative estimate of drug-likeness (QED) is 0.383. The van der Waals surface area contributed by atoms with Crippen molar-refractivity contribution in [2.75, 3.05) is 0 Å². The van der Waals surface area contributed by atoms with E-state index in [9.17, 15) is 0 Å². The van der Waals surface area contributed by atoms with Gasteiger partial charge in [0.25, 0.3) is 0 Å². The van der Waals surface area contributed by atoms with Crippen LogP contribution in [0.25, 0.3) is 0 Å². The molecule has 0 aromatic carbocycles. The molecule has 0 radical (unpaired) electrons. The largest absolute Gasteiger partial charge is 0.263 e. The Bertz CT molecular complexity index is 440. The van der Waals surface area contributed by atoms with Crippen molar-refractivity contribution in [3.63, 3.8) is 0 Å². The van der Waals surface area contributed by atoms with Crippen molar-refractivity contribution in [3.05, 3.63) is 47.2 Å². The molecule has 0 bridgehead atoms.